The van der Waals surface area contributed by atoms with Crippen LogP contribution in [0.1, 0.15) is 29.8 Å². The monoisotopic (exact) mass is 384 g/mol. The van der Waals surface area contributed by atoms with Crippen LogP contribution < -0.4 is 9.64 Å². The number of nitro groups is 1. The minimum Gasteiger partial charge on any atom is -0.491 e. The molecule has 2 aromatic rings. The molecule has 8 heteroatoms. The van der Waals surface area contributed by atoms with E-state index < -0.39 is 4.92 Å². The summed E-state index contributed by atoms with van der Waals surface area (Å²) in [4.78, 5) is 31.3. The fraction of sp³-hybridized carbons (Fsp3) is 0.400. The number of piperazine rings is 1. The molecule has 0 unspecified atom stereocenters. The molecule has 0 atom stereocenters. The number of carbonyl (C=O) groups excluding carboxylic acids is 1. The number of nitrogens with zero attached hydrogens (tertiary/aromatic N) is 4. The smallest absolute Gasteiger partial charge is 0.287 e. The van der Waals surface area contributed by atoms with E-state index in [9.17, 15) is 14.9 Å². The van der Waals surface area contributed by atoms with Crippen LogP contribution in [-0.2, 0) is 0 Å². The van der Waals surface area contributed by atoms with Gasteiger partial charge in [-0.2, -0.15) is 0 Å². The van der Waals surface area contributed by atoms with Gasteiger partial charge in [-0.25, -0.2) is 4.98 Å². The molecule has 1 aromatic heterocycles. The Morgan fingerprint density at radius 1 is 1.18 bits per heavy atom. The SMILES string of the molecule is Cc1cc([N+](=O)[O-])cnc1N1CCN(C(=O)c2ccc(OC(C)C)cc2)CC1. The Labute approximate surface area is 163 Å². The van der Waals surface area contributed by atoms with E-state index in [1.54, 1.807) is 12.1 Å². The maximum absolute atomic E-state index is 12.7. The van der Waals surface area contributed by atoms with Crippen molar-refractivity contribution in [3.63, 3.8) is 0 Å². The second-order valence-corrected chi connectivity index (χ2v) is 7.06. The molecule has 2 heterocycles. The van der Waals surface area contributed by atoms with Gasteiger partial charge in [0.15, 0.2) is 0 Å². The highest BCUT2D eigenvalue weighted by Gasteiger charge is 2.24. The van der Waals surface area contributed by atoms with Crippen molar-refractivity contribution in [3.8, 4) is 5.75 Å². The van der Waals surface area contributed by atoms with Crippen LogP contribution >= 0.6 is 0 Å². The van der Waals surface area contributed by atoms with Crippen molar-refractivity contribution in [3.05, 3.63) is 57.8 Å². The van der Waals surface area contributed by atoms with Gasteiger partial charge in [0.2, 0.25) is 0 Å². The molecule has 1 saturated heterocycles. The molecule has 0 saturated carbocycles. The highest BCUT2D eigenvalue weighted by atomic mass is 16.6. The maximum atomic E-state index is 12.7. The Kier molecular flexibility index (Phi) is 5.77. The lowest BCUT2D eigenvalue weighted by molar-refractivity contribution is -0.385. The van der Waals surface area contributed by atoms with Crippen LogP contribution in [0.4, 0.5) is 11.5 Å². The maximum Gasteiger partial charge on any atom is 0.287 e. The molecular formula is C20H24N4O4. The fourth-order valence-electron chi connectivity index (χ4n) is 3.24. The summed E-state index contributed by atoms with van der Waals surface area (Å²) in [7, 11) is 0. The van der Waals surface area contributed by atoms with Gasteiger partial charge in [-0.05, 0) is 50.6 Å². The number of aryl methyl sites for hydroxylation is 1. The molecule has 1 aliphatic heterocycles. The Morgan fingerprint density at radius 2 is 1.82 bits per heavy atom. The highest BCUT2D eigenvalue weighted by molar-refractivity contribution is 5.94. The van der Waals surface area contributed by atoms with Gasteiger partial charge in [0, 0.05) is 37.8 Å². The van der Waals surface area contributed by atoms with E-state index in [1.807, 2.05) is 37.8 Å². The summed E-state index contributed by atoms with van der Waals surface area (Å²) in [5.41, 5.74) is 1.38. The number of hydrogen-bond acceptors (Lipinski definition) is 6. The number of benzene rings is 1. The normalized spacial score (nSPS) is 14.3. The standard InChI is InChI=1S/C20H24N4O4/c1-14(2)28-18-6-4-16(5-7-18)20(25)23-10-8-22(9-11-23)19-15(3)12-17(13-21-19)24(26)27/h4-7,12-14H,8-11H2,1-3H3. The number of pyridine rings is 1. The average Bonchev–Trinajstić information content (AvgIpc) is 2.67. The topological polar surface area (TPSA) is 88.8 Å². The number of rotatable bonds is 5. The van der Waals surface area contributed by atoms with E-state index >= 15 is 0 Å². The molecular weight excluding hydrogens is 360 g/mol. The number of hydrogen-bond donors (Lipinski definition) is 0. The van der Waals surface area contributed by atoms with Crippen molar-refractivity contribution in [2.24, 2.45) is 0 Å². The molecule has 0 aliphatic carbocycles. The van der Waals surface area contributed by atoms with Crippen molar-refractivity contribution in [1.82, 2.24) is 9.88 Å². The molecule has 0 spiro atoms. The molecule has 1 amide bonds. The summed E-state index contributed by atoms with van der Waals surface area (Å²) in [6.45, 7) is 8.13. The number of ether oxygens (including phenoxy) is 1. The Morgan fingerprint density at radius 3 is 2.36 bits per heavy atom. The third-order valence-corrected chi connectivity index (χ3v) is 4.59. The Balaban J connectivity index is 1.62. The molecule has 28 heavy (non-hydrogen) atoms. The van der Waals surface area contributed by atoms with Gasteiger partial charge in [0.05, 0.1) is 11.0 Å². The number of carbonyl (C=O) groups is 1. The minimum absolute atomic E-state index is 0.0101. The first-order valence-electron chi connectivity index (χ1n) is 9.27. The van der Waals surface area contributed by atoms with Gasteiger partial charge in [-0.1, -0.05) is 0 Å². The number of amides is 1. The van der Waals surface area contributed by atoms with Crippen molar-refractivity contribution >= 4 is 17.4 Å². The first kappa shape index (κ1) is 19.6. The van der Waals surface area contributed by atoms with E-state index in [2.05, 4.69) is 9.88 Å². The van der Waals surface area contributed by atoms with Crippen LogP contribution in [0.3, 0.4) is 0 Å². The molecule has 1 aliphatic rings. The minimum atomic E-state index is -0.447. The molecule has 1 aromatic carbocycles. The highest BCUT2D eigenvalue weighted by Crippen LogP contribution is 2.23. The second-order valence-electron chi connectivity index (χ2n) is 7.06. The summed E-state index contributed by atoms with van der Waals surface area (Å²) >= 11 is 0. The molecule has 1 fully saturated rings. The summed E-state index contributed by atoms with van der Waals surface area (Å²) < 4.78 is 5.61. The van der Waals surface area contributed by atoms with Crippen LogP contribution in [-0.4, -0.2) is 53.0 Å². The molecule has 148 valence electrons. The lowest BCUT2D eigenvalue weighted by Crippen LogP contribution is -2.49. The van der Waals surface area contributed by atoms with Crippen molar-refractivity contribution < 1.29 is 14.5 Å². The Hall–Kier alpha value is -3.16. The third-order valence-electron chi connectivity index (χ3n) is 4.59. The average molecular weight is 384 g/mol. The quantitative estimate of drug-likeness (QED) is 0.581. The summed E-state index contributed by atoms with van der Waals surface area (Å²) in [5.74, 6) is 1.47. The summed E-state index contributed by atoms with van der Waals surface area (Å²) in [5, 5.41) is 10.9. The van der Waals surface area contributed by atoms with Crippen LogP contribution in [0, 0.1) is 17.0 Å². The lowest BCUT2D eigenvalue weighted by atomic mass is 10.1. The molecule has 0 radical (unpaired) electrons. The zero-order valence-corrected chi connectivity index (χ0v) is 16.3. The van der Waals surface area contributed by atoms with Crippen LogP contribution in [0.25, 0.3) is 0 Å². The van der Waals surface area contributed by atoms with Crippen molar-refractivity contribution in [2.75, 3.05) is 31.1 Å². The summed E-state index contributed by atoms with van der Waals surface area (Å²) in [6.07, 6.45) is 1.37. The van der Waals surface area contributed by atoms with Gasteiger partial charge in [0.25, 0.3) is 11.6 Å². The van der Waals surface area contributed by atoms with Crippen LogP contribution in [0.15, 0.2) is 36.5 Å². The summed E-state index contributed by atoms with van der Waals surface area (Å²) in [6, 6.07) is 8.73. The Bertz CT molecular complexity index is 859. The van der Waals surface area contributed by atoms with E-state index in [0.29, 0.717) is 31.7 Å². The lowest BCUT2D eigenvalue weighted by Gasteiger charge is -2.36. The molecule has 0 bridgehead atoms. The first-order valence-corrected chi connectivity index (χ1v) is 9.27. The predicted octanol–water partition coefficient (Wildman–Crippen LogP) is 3.05. The van der Waals surface area contributed by atoms with E-state index in [-0.39, 0.29) is 17.7 Å². The van der Waals surface area contributed by atoms with E-state index in [4.69, 9.17) is 4.74 Å². The first-order chi connectivity index (χ1) is 13.3. The van der Waals surface area contributed by atoms with E-state index in [0.717, 1.165) is 17.1 Å². The van der Waals surface area contributed by atoms with Gasteiger partial charge in [-0.3, -0.25) is 14.9 Å². The van der Waals surface area contributed by atoms with Gasteiger partial charge >= 0.3 is 0 Å². The zero-order valence-electron chi connectivity index (χ0n) is 16.3. The van der Waals surface area contributed by atoms with Gasteiger partial charge < -0.3 is 14.5 Å². The van der Waals surface area contributed by atoms with Crippen molar-refractivity contribution in [1.29, 1.82) is 0 Å². The van der Waals surface area contributed by atoms with Crippen LogP contribution in [0.5, 0.6) is 5.75 Å². The molecule has 8 nitrogen and oxygen atoms in total. The van der Waals surface area contributed by atoms with Crippen LogP contribution in [0.2, 0.25) is 0 Å². The zero-order chi connectivity index (χ0) is 20.3. The van der Waals surface area contributed by atoms with Gasteiger partial charge in [0.1, 0.15) is 17.8 Å². The van der Waals surface area contributed by atoms with Crippen molar-refractivity contribution in [2.45, 2.75) is 26.9 Å². The number of aromatic nitrogens is 1. The van der Waals surface area contributed by atoms with Gasteiger partial charge in [-0.15, -0.1) is 0 Å². The largest absolute Gasteiger partial charge is 0.491 e. The third kappa shape index (κ3) is 4.39. The predicted molar refractivity (Wildman–Crippen MR) is 106 cm³/mol. The number of anilines is 1. The molecule has 3 rings (SSSR count). The second kappa shape index (κ2) is 8.24. The fourth-order valence-corrected chi connectivity index (χ4v) is 3.24. The molecule has 0 N–H and O–H groups in total. The van der Waals surface area contributed by atoms with E-state index in [1.165, 1.54) is 12.3 Å².